The van der Waals surface area contributed by atoms with E-state index in [-0.39, 0.29) is 17.4 Å². The van der Waals surface area contributed by atoms with E-state index < -0.39 is 17.7 Å². The number of aryl methyl sites for hydroxylation is 1. The summed E-state index contributed by atoms with van der Waals surface area (Å²) in [4.78, 5) is 32.8. The van der Waals surface area contributed by atoms with Gasteiger partial charge in [-0.05, 0) is 67.3 Å². The number of nitrogens with zero attached hydrogens (tertiary/aromatic N) is 3. The van der Waals surface area contributed by atoms with Crippen molar-refractivity contribution in [3.05, 3.63) is 113 Å². The molecular formula is C35H35N3O6. The summed E-state index contributed by atoms with van der Waals surface area (Å²) in [5.74, 6) is 0.219. The lowest BCUT2D eigenvalue weighted by atomic mass is 9.94. The monoisotopic (exact) mass is 593 g/mol. The highest BCUT2D eigenvalue weighted by Gasteiger charge is 2.46. The number of rotatable bonds is 11. The molecule has 1 amide bonds. The molecule has 2 aliphatic rings. The van der Waals surface area contributed by atoms with Crippen molar-refractivity contribution < 1.29 is 28.9 Å². The van der Waals surface area contributed by atoms with Crippen LogP contribution in [0.25, 0.3) is 5.76 Å². The topological polar surface area (TPSA) is 103 Å². The second-order valence-corrected chi connectivity index (χ2v) is 11.0. The average Bonchev–Trinajstić information content (AvgIpc) is 3.75. The van der Waals surface area contributed by atoms with E-state index in [1.54, 1.807) is 41.7 Å². The summed E-state index contributed by atoms with van der Waals surface area (Å²) in [5, 5.41) is 11.6. The molecule has 44 heavy (non-hydrogen) atoms. The lowest BCUT2D eigenvalue weighted by Gasteiger charge is -2.26. The number of carbonyl (C=O) groups is 2. The Morgan fingerprint density at radius 3 is 2.64 bits per heavy atom. The van der Waals surface area contributed by atoms with Crippen LogP contribution < -0.4 is 14.2 Å². The number of benzene rings is 3. The molecule has 4 aromatic rings. The molecule has 0 bridgehead atoms. The Morgan fingerprint density at radius 2 is 1.86 bits per heavy atom. The van der Waals surface area contributed by atoms with Crippen molar-refractivity contribution in [1.82, 2.24) is 14.5 Å². The second kappa shape index (κ2) is 12.7. The maximum atomic E-state index is 13.6. The second-order valence-electron chi connectivity index (χ2n) is 11.0. The minimum absolute atomic E-state index is 0.0306. The molecule has 0 spiro atoms. The number of aliphatic hydroxyl groups is 1. The number of aliphatic hydroxyl groups excluding tert-OH is 1. The Labute approximate surface area is 256 Å². The molecule has 1 aromatic heterocycles. The SMILES string of the molecule is CCOc1cc(C2/C(=C(\O)c3ccc4c(c3)CC(C)O4)C(=O)C(=O)N2CCCn2ccnc2)ccc1OCc1ccccc1. The van der Waals surface area contributed by atoms with Gasteiger partial charge in [-0.1, -0.05) is 36.4 Å². The Hall–Kier alpha value is -5.05. The van der Waals surface area contributed by atoms with Crippen molar-refractivity contribution in [3.8, 4) is 17.2 Å². The van der Waals surface area contributed by atoms with Crippen LogP contribution in [0.5, 0.6) is 17.2 Å². The largest absolute Gasteiger partial charge is 0.507 e. The Kier molecular flexibility index (Phi) is 8.36. The summed E-state index contributed by atoms with van der Waals surface area (Å²) in [6.45, 7) is 5.54. The highest BCUT2D eigenvalue weighted by Crippen LogP contribution is 2.43. The van der Waals surface area contributed by atoms with Gasteiger partial charge in [0.2, 0.25) is 0 Å². The van der Waals surface area contributed by atoms with Crippen molar-refractivity contribution in [2.45, 2.75) is 52.0 Å². The molecule has 0 aliphatic carbocycles. The van der Waals surface area contributed by atoms with Gasteiger partial charge in [-0.3, -0.25) is 9.59 Å². The van der Waals surface area contributed by atoms with Gasteiger partial charge in [-0.15, -0.1) is 0 Å². The van der Waals surface area contributed by atoms with Crippen LogP contribution in [0, 0.1) is 0 Å². The average molecular weight is 594 g/mol. The van der Waals surface area contributed by atoms with Crippen molar-refractivity contribution in [3.63, 3.8) is 0 Å². The molecule has 9 nitrogen and oxygen atoms in total. The number of hydrogen-bond donors (Lipinski definition) is 1. The van der Waals surface area contributed by atoms with E-state index >= 15 is 0 Å². The molecule has 1 saturated heterocycles. The zero-order valence-corrected chi connectivity index (χ0v) is 24.8. The van der Waals surface area contributed by atoms with Gasteiger partial charge in [0, 0.05) is 37.5 Å². The van der Waals surface area contributed by atoms with E-state index in [9.17, 15) is 14.7 Å². The van der Waals surface area contributed by atoms with E-state index in [0.717, 1.165) is 16.9 Å². The summed E-state index contributed by atoms with van der Waals surface area (Å²) in [6, 6.07) is 19.8. The first kappa shape index (κ1) is 29.0. The quantitative estimate of drug-likeness (QED) is 0.135. The van der Waals surface area contributed by atoms with Gasteiger partial charge in [0.15, 0.2) is 11.5 Å². The third kappa shape index (κ3) is 5.90. The van der Waals surface area contributed by atoms with Crippen molar-refractivity contribution in [2.75, 3.05) is 13.2 Å². The molecule has 226 valence electrons. The molecule has 1 fully saturated rings. The van der Waals surface area contributed by atoms with Crippen LogP contribution in [0.15, 0.2) is 91.0 Å². The predicted molar refractivity (Wildman–Crippen MR) is 164 cm³/mol. The lowest BCUT2D eigenvalue weighted by molar-refractivity contribution is -0.139. The number of hydrogen-bond acceptors (Lipinski definition) is 7. The van der Waals surface area contributed by atoms with E-state index in [1.165, 1.54) is 0 Å². The number of aromatic nitrogens is 2. The molecule has 2 atom stereocenters. The van der Waals surface area contributed by atoms with Gasteiger partial charge in [0.05, 0.1) is 24.5 Å². The maximum Gasteiger partial charge on any atom is 0.295 e. The van der Waals surface area contributed by atoms with Gasteiger partial charge in [0.1, 0.15) is 24.2 Å². The molecule has 0 radical (unpaired) electrons. The number of fused-ring (bicyclic) bond motifs is 1. The van der Waals surface area contributed by atoms with Crippen molar-refractivity contribution in [2.24, 2.45) is 0 Å². The first-order chi connectivity index (χ1) is 21.4. The van der Waals surface area contributed by atoms with Gasteiger partial charge in [0.25, 0.3) is 11.7 Å². The van der Waals surface area contributed by atoms with E-state index in [0.29, 0.717) is 61.8 Å². The number of Topliss-reactive ketones (excluding diaryl/α,β-unsaturated/α-hetero) is 1. The number of imidazole rings is 1. The smallest absolute Gasteiger partial charge is 0.295 e. The molecular weight excluding hydrogens is 558 g/mol. The Morgan fingerprint density at radius 1 is 1.02 bits per heavy atom. The lowest BCUT2D eigenvalue weighted by Crippen LogP contribution is -2.31. The predicted octanol–water partition coefficient (Wildman–Crippen LogP) is 5.70. The molecule has 2 aliphatic heterocycles. The van der Waals surface area contributed by atoms with Gasteiger partial charge in [-0.25, -0.2) is 4.98 Å². The van der Waals surface area contributed by atoms with E-state index in [1.807, 2.05) is 67.1 Å². The molecule has 2 unspecified atom stereocenters. The van der Waals surface area contributed by atoms with Crippen LogP contribution >= 0.6 is 0 Å². The summed E-state index contributed by atoms with van der Waals surface area (Å²) in [5.41, 5.74) is 3.12. The first-order valence-electron chi connectivity index (χ1n) is 14.9. The number of carbonyl (C=O) groups excluding carboxylic acids is 2. The number of likely N-dealkylation sites (tertiary alicyclic amines) is 1. The molecule has 6 rings (SSSR count). The number of ketones is 1. The van der Waals surface area contributed by atoms with Crippen LogP contribution in [-0.2, 0) is 29.2 Å². The van der Waals surface area contributed by atoms with E-state index in [2.05, 4.69) is 4.98 Å². The minimum atomic E-state index is -0.816. The number of amides is 1. The van der Waals surface area contributed by atoms with Crippen LogP contribution in [0.1, 0.15) is 48.6 Å². The minimum Gasteiger partial charge on any atom is -0.507 e. The zero-order chi connectivity index (χ0) is 30.6. The van der Waals surface area contributed by atoms with Crippen LogP contribution in [0.4, 0.5) is 0 Å². The van der Waals surface area contributed by atoms with Crippen LogP contribution in [0.3, 0.4) is 0 Å². The highest BCUT2D eigenvalue weighted by atomic mass is 16.5. The standard InChI is InChI=1S/C35H35N3O6/c1-3-42-30-20-25(10-13-29(30)43-21-24-8-5-4-6-9-24)32-31(33(39)26-11-12-28-27(19-26)18-23(2)44-28)34(40)35(41)38(32)16-7-15-37-17-14-36-22-37/h4-6,8-14,17,19-20,22-23,32,39H,3,7,15-16,18,21H2,1-2H3/b33-31+. The fourth-order valence-corrected chi connectivity index (χ4v) is 5.84. The van der Waals surface area contributed by atoms with Crippen molar-refractivity contribution >= 4 is 17.4 Å². The van der Waals surface area contributed by atoms with Gasteiger partial charge >= 0.3 is 0 Å². The zero-order valence-electron chi connectivity index (χ0n) is 24.8. The third-order valence-electron chi connectivity index (χ3n) is 7.90. The van der Waals surface area contributed by atoms with Crippen LogP contribution in [0.2, 0.25) is 0 Å². The normalized spacial score (nSPS) is 18.7. The Bertz CT molecular complexity index is 1680. The fourth-order valence-electron chi connectivity index (χ4n) is 5.84. The highest BCUT2D eigenvalue weighted by molar-refractivity contribution is 6.46. The first-order valence-corrected chi connectivity index (χ1v) is 14.9. The van der Waals surface area contributed by atoms with Crippen molar-refractivity contribution in [1.29, 1.82) is 0 Å². The fraction of sp³-hybridized carbons (Fsp3) is 0.286. The maximum absolute atomic E-state index is 13.6. The molecule has 1 N–H and O–H groups in total. The summed E-state index contributed by atoms with van der Waals surface area (Å²) >= 11 is 0. The molecule has 3 heterocycles. The third-order valence-corrected chi connectivity index (χ3v) is 7.90. The summed E-state index contributed by atoms with van der Waals surface area (Å²) in [7, 11) is 0. The summed E-state index contributed by atoms with van der Waals surface area (Å²) < 4.78 is 19.8. The van der Waals surface area contributed by atoms with Gasteiger partial charge in [-0.2, -0.15) is 0 Å². The number of ether oxygens (including phenoxy) is 3. The van der Waals surface area contributed by atoms with Crippen LogP contribution in [-0.4, -0.2) is 50.5 Å². The van der Waals surface area contributed by atoms with Gasteiger partial charge < -0.3 is 28.8 Å². The van der Waals surface area contributed by atoms with E-state index in [4.69, 9.17) is 14.2 Å². The molecule has 0 saturated carbocycles. The Balaban J connectivity index is 1.37. The molecule has 9 heteroatoms. The molecule has 3 aromatic carbocycles. The summed E-state index contributed by atoms with van der Waals surface area (Å²) in [6.07, 6.45) is 6.59.